The summed E-state index contributed by atoms with van der Waals surface area (Å²) in [5.41, 5.74) is 5.56. The second kappa shape index (κ2) is 2.81. The molecule has 13 heavy (non-hydrogen) atoms. The molecule has 2 atom stereocenters. The topological polar surface area (TPSA) is 85.8 Å². The van der Waals surface area contributed by atoms with Crippen molar-refractivity contribution in [1.29, 1.82) is 0 Å². The SMILES string of the molecule is Cc1ncnn1C[C@H]1NC(=O)[C@H]1N. The zero-order chi connectivity index (χ0) is 9.42. The first kappa shape index (κ1) is 8.18. The number of nitrogens with zero attached hydrogens (tertiary/aromatic N) is 3. The van der Waals surface area contributed by atoms with E-state index in [0.717, 1.165) is 5.82 Å². The molecular formula is C7H11N5O. The molecule has 70 valence electrons. The number of carbonyl (C=O) groups is 1. The van der Waals surface area contributed by atoms with E-state index in [1.54, 1.807) is 4.68 Å². The van der Waals surface area contributed by atoms with Gasteiger partial charge >= 0.3 is 0 Å². The molecule has 0 saturated carbocycles. The molecule has 3 N–H and O–H groups in total. The standard InChI is InChI=1S/C7H11N5O/c1-4-9-3-10-12(4)2-5-6(8)7(13)11-5/h3,5-6H,2,8H2,1H3,(H,11,13)/t5-,6+/m1/s1. The van der Waals surface area contributed by atoms with Crippen LogP contribution in [0.3, 0.4) is 0 Å². The zero-order valence-corrected chi connectivity index (χ0v) is 7.27. The maximum atomic E-state index is 10.8. The predicted octanol–water partition coefficient (Wildman–Crippen LogP) is -1.59. The minimum atomic E-state index is -0.399. The number of hydrogen-bond donors (Lipinski definition) is 2. The fourth-order valence-corrected chi connectivity index (χ4v) is 1.30. The van der Waals surface area contributed by atoms with Crippen molar-refractivity contribution in [2.45, 2.75) is 25.6 Å². The van der Waals surface area contributed by atoms with E-state index in [1.165, 1.54) is 6.33 Å². The largest absolute Gasteiger partial charge is 0.348 e. The quantitative estimate of drug-likeness (QED) is 0.539. The first-order valence-corrected chi connectivity index (χ1v) is 4.09. The predicted molar refractivity (Wildman–Crippen MR) is 44.7 cm³/mol. The Hall–Kier alpha value is -1.43. The molecular weight excluding hydrogens is 170 g/mol. The molecule has 1 aliphatic heterocycles. The summed E-state index contributed by atoms with van der Waals surface area (Å²) in [4.78, 5) is 14.7. The van der Waals surface area contributed by atoms with Gasteiger partial charge in [0.05, 0.1) is 12.6 Å². The summed E-state index contributed by atoms with van der Waals surface area (Å²) < 4.78 is 1.73. The Morgan fingerprint density at radius 2 is 2.54 bits per heavy atom. The Bertz CT molecular complexity index is 333. The van der Waals surface area contributed by atoms with Gasteiger partial charge in [-0.1, -0.05) is 0 Å². The molecule has 1 aromatic rings. The molecule has 6 heteroatoms. The molecule has 1 fully saturated rings. The normalized spacial score (nSPS) is 26.8. The van der Waals surface area contributed by atoms with Crippen LogP contribution >= 0.6 is 0 Å². The van der Waals surface area contributed by atoms with Gasteiger partial charge in [-0.3, -0.25) is 4.79 Å². The smallest absolute Gasteiger partial charge is 0.239 e. The molecule has 1 aliphatic rings. The Morgan fingerprint density at radius 3 is 3.00 bits per heavy atom. The van der Waals surface area contributed by atoms with Crippen LogP contribution < -0.4 is 11.1 Å². The van der Waals surface area contributed by atoms with Crippen LogP contribution in [0.15, 0.2) is 6.33 Å². The third-order valence-electron chi connectivity index (χ3n) is 2.24. The minimum absolute atomic E-state index is 0.00657. The van der Waals surface area contributed by atoms with Gasteiger partial charge in [-0.15, -0.1) is 0 Å². The van der Waals surface area contributed by atoms with E-state index in [-0.39, 0.29) is 11.9 Å². The highest BCUT2D eigenvalue weighted by atomic mass is 16.2. The van der Waals surface area contributed by atoms with Gasteiger partial charge in [0.1, 0.15) is 18.2 Å². The lowest BCUT2D eigenvalue weighted by Crippen LogP contribution is -2.68. The number of nitrogens with two attached hydrogens (primary N) is 1. The van der Waals surface area contributed by atoms with Crippen LogP contribution in [0, 0.1) is 6.92 Å². The number of rotatable bonds is 2. The van der Waals surface area contributed by atoms with Crippen molar-refractivity contribution in [1.82, 2.24) is 20.1 Å². The van der Waals surface area contributed by atoms with Crippen LogP contribution in [0.4, 0.5) is 0 Å². The number of nitrogens with one attached hydrogen (secondary N) is 1. The summed E-state index contributed by atoms with van der Waals surface area (Å²) in [6.45, 7) is 2.46. The third kappa shape index (κ3) is 1.29. The molecule has 6 nitrogen and oxygen atoms in total. The highest BCUT2D eigenvalue weighted by Gasteiger charge is 2.36. The molecule has 0 radical (unpaired) electrons. The molecule has 2 rings (SSSR count). The molecule has 0 bridgehead atoms. The molecule has 0 spiro atoms. The van der Waals surface area contributed by atoms with Gasteiger partial charge in [-0.25, -0.2) is 9.67 Å². The van der Waals surface area contributed by atoms with Crippen molar-refractivity contribution in [3.8, 4) is 0 Å². The summed E-state index contributed by atoms with van der Waals surface area (Å²) in [6, 6.07) is -0.406. The van der Waals surface area contributed by atoms with E-state index >= 15 is 0 Å². The van der Waals surface area contributed by atoms with Crippen molar-refractivity contribution in [2.75, 3.05) is 0 Å². The van der Waals surface area contributed by atoms with Crippen LogP contribution in [-0.4, -0.2) is 32.8 Å². The van der Waals surface area contributed by atoms with Crippen molar-refractivity contribution in [2.24, 2.45) is 5.73 Å². The van der Waals surface area contributed by atoms with Gasteiger partial charge in [-0.2, -0.15) is 5.10 Å². The maximum Gasteiger partial charge on any atom is 0.239 e. The number of aromatic nitrogens is 3. The summed E-state index contributed by atoms with van der Waals surface area (Å²) in [5, 5.41) is 6.70. The van der Waals surface area contributed by atoms with Crippen LogP contribution in [0.1, 0.15) is 5.82 Å². The highest BCUT2D eigenvalue weighted by Crippen LogP contribution is 2.06. The number of carbonyl (C=O) groups excluding carboxylic acids is 1. The second-order valence-electron chi connectivity index (χ2n) is 3.13. The van der Waals surface area contributed by atoms with E-state index in [1.807, 2.05) is 6.92 Å². The Labute approximate surface area is 75.1 Å². The minimum Gasteiger partial charge on any atom is -0.348 e. The molecule has 2 heterocycles. The van der Waals surface area contributed by atoms with Crippen LogP contribution in [0.25, 0.3) is 0 Å². The Kier molecular flexibility index (Phi) is 1.77. The molecule has 1 saturated heterocycles. The molecule has 1 aromatic heterocycles. The highest BCUT2D eigenvalue weighted by molar-refractivity contribution is 5.88. The van der Waals surface area contributed by atoms with Crippen LogP contribution in [0.2, 0.25) is 0 Å². The van der Waals surface area contributed by atoms with Crippen molar-refractivity contribution < 1.29 is 4.79 Å². The summed E-state index contributed by atoms with van der Waals surface area (Å²) in [6.07, 6.45) is 1.49. The molecule has 0 aromatic carbocycles. The number of amides is 1. The van der Waals surface area contributed by atoms with Crippen molar-refractivity contribution in [3.63, 3.8) is 0 Å². The van der Waals surface area contributed by atoms with Crippen molar-refractivity contribution in [3.05, 3.63) is 12.2 Å². The fraction of sp³-hybridized carbons (Fsp3) is 0.571. The number of hydrogen-bond acceptors (Lipinski definition) is 4. The van der Waals surface area contributed by atoms with Gasteiger partial charge in [0.15, 0.2) is 0 Å². The molecule has 0 unspecified atom stereocenters. The number of β-lactam (4-membered cyclic amide) rings is 1. The van der Waals surface area contributed by atoms with Crippen molar-refractivity contribution >= 4 is 5.91 Å². The molecule has 1 amide bonds. The van der Waals surface area contributed by atoms with E-state index in [4.69, 9.17) is 5.73 Å². The average molecular weight is 181 g/mol. The summed E-state index contributed by atoms with van der Waals surface area (Å²) in [5.74, 6) is 0.733. The zero-order valence-electron chi connectivity index (χ0n) is 7.27. The van der Waals surface area contributed by atoms with Gasteiger partial charge in [0, 0.05) is 0 Å². The van der Waals surface area contributed by atoms with Gasteiger partial charge < -0.3 is 11.1 Å². The number of aryl methyl sites for hydroxylation is 1. The van der Waals surface area contributed by atoms with E-state index < -0.39 is 6.04 Å². The lowest BCUT2D eigenvalue weighted by molar-refractivity contribution is -0.130. The van der Waals surface area contributed by atoms with E-state index in [2.05, 4.69) is 15.4 Å². The van der Waals surface area contributed by atoms with Gasteiger partial charge in [0.25, 0.3) is 0 Å². The first-order chi connectivity index (χ1) is 6.18. The lowest BCUT2D eigenvalue weighted by atomic mass is 10.0. The van der Waals surface area contributed by atoms with E-state index in [0.29, 0.717) is 6.54 Å². The third-order valence-corrected chi connectivity index (χ3v) is 2.24. The Balaban J connectivity index is 2.00. The second-order valence-corrected chi connectivity index (χ2v) is 3.13. The Morgan fingerprint density at radius 1 is 1.77 bits per heavy atom. The lowest BCUT2D eigenvalue weighted by Gasteiger charge is -2.33. The summed E-state index contributed by atoms with van der Waals surface area (Å²) >= 11 is 0. The maximum absolute atomic E-state index is 10.8. The van der Waals surface area contributed by atoms with Crippen LogP contribution in [-0.2, 0) is 11.3 Å². The van der Waals surface area contributed by atoms with E-state index in [9.17, 15) is 4.79 Å². The first-order valence-electron chi connectivity index (χ1n) is 4.09. The van der Waals surface area contributed by atoms with Crippen LogP contribution in [0.5, 0.6) is 0 Å². The monoisotopic (exact) mass is 181 g/mol. The van der Waals surface area contributed by atoms with Gasteiger partial charge in [-0.05, 0) is 6.92 Å². The average Bonchev–Trinajstić information content (AvgIpc) is 2.51. The summed E-state index contributed by atoms with van der Waals surface area (Å²) in [7, 11) is 0. The fourth-order valence-electron chi connectivity index (χ4n) is 1.30. The molecule has 0 aliphatic carbocycles. The van der Waals surface area contributed by atoms with Gasteiger partial charge in [0.2, 0.25) is 5.91 Å².